The van der Waals surface area contributed by atoms with Crippen LogP contribution in [0.2, 0.25) is 0 Å². The third-order valence-corrected chi connectivity index (χ3v) is 1.69. The molecular weight excluding hydrogens is 156 g/mol. The molecule has 1 aromatic carbocycles. The first-order valence-corrected chi connectivity index (χ1v) is 4.35. The van der Waals surface area contributed by atoms with E-state index in [1.807, 2.05) is 30.4 Å². The predicted molar refractivity (Wildman–Crippen MR) is 59.4 cm³/mol. The minimum Gasteiger partial charge on any atom is -0.0991 e. The van der Waals surface area contributed by atoms with Crippen molar-refractivity contribution in [3.05, 3.63) is 66.3 Å². The Morgan fingerprint density at radius 1 is 1.23 bits per heavy atom. The van der Waals surface area contributed by atoms with Crippen LogP contribution in [-0.2, 0) is 0 Å². The van der Waals surface area contributed by atoms with E-state index in [1.165, 1.54) is 11.1 Å². The van der Waals surface area contributed by atoms with Gasteiger partial charge in [-0.1, -0.05) is 66.8 Å². The Hall–Kier alpha value is -1.56. The molecule has 0 heteroatoms. The Morgan fingerprint density at radius 3 is 2.54 bits per heavy atom. The fraction of sp³-hybridized carbons (Fsp3) is 0.0769. The molecule has 0 saturated carbocycles. The van der Waals surface area contributed by atoms with Gasteiger partial charge in [-0.25, -0.2) is 0 Å². The van der Waals surface area contributed by atoms with Crippen molar-refractivity contribution < 1.29 is 0 Å². The van der Waals surface area contributed by atoms with Crippen molar-refractivity contribution in [1.82, 2.24) is 0 Å². The first-order chi connectivity index (χ1) is 6.33. The highest BCUT2D eigenvalue weighted by atomic mass is 13.9. The van der Waals surface area contributed by atoms with Crippen molar-refractivity contribution in [2.75, 3.05) is 0 Å². The van der Waals surface area contributed by atoms with E-state index in [0.29, 0.717) is 0 Å². The van der Waals surface area contributed by atoms with Crippen LogP contribution >= 0.6 is 0 Å². The third-order valence-electron chi connectivity index (χ3n) is 1.69. The van der Waals surface area contributed by atoms with E-state index in [1.54, 1.807) is 6.08 Å². The molecule has 0 heterocycles. The molecule has 0 atom stereocenters. The molecule has 66 valence electrons. The summed E-state index contributed by atoms with van der Waals surface area (Å²) in [4.78, 5) is 0. The average molecular weight is 170 g/mol. The molecule has 0 aliphatic carbocycles. The second-order valence-electron chi connectivity index (χ2n) is 2.89. The van der Waals surface area contributed by atoms with Gasteiger partial charge in [0.25, 0.3) is 0 Å². The Balaban J connectivity index is 2.76. The zero-order chi connectivity index (χ0) is 9.52. The normalized spacial score (nSPS) is 11.9. The SMILES string of the molecule is C=C/C=C/C(C)=C/c1ccccc1. The zero-order valence-corrected chi connectivity index (χ0v) is 7.90. The van der Waals surface area contributed by atoms with Crippen LogP contribution in [0, 0.1) is 0 Å². The first-order valence-electron chi connectivity index (χ1n) is 4.35. The minimum absolute atomic E-state index is 1.23. The highest BCUT2D eigenvalue weighted by molar-refractivity contribution is 5.55. The molecule has 0 aliphatic rings. The molecule has 1 rings (SSSR count). The summed E-state index contributed by atoms with van der Waals surface area (Å²) in [6, 6.07) is 10.3. The third kappa shape index (κ3) is 3.57. The van der Waals surface area contributed by atoms with Crippen LogP contribution in [0.5, 0.6) is 0 Å². The Morgan fingerprint density at radius 2 is 1.92 bits per heavy atom. The smallest absolute Gasteiger partial charge is 0.0254 e. The van der Waals surface area contributed by atoms with Crippen LogP contribution in [0.3, 0.4) is 0 Å². The molecule has 0 spiro atoms. The maximum absolute atomic E-state index is 3.63. The number of rotatable bonds is 3. The quantitative estimate of drug-likeness (QED) is 0.605. The number of hydrogen-bond donors (Lipinski definition) is 0. The van der Waals surface area contributed by atoms with E-state index in [9.17, 15) is 0 Å². The number of hydrogen-bond acceptors (Lipinski definition) is 0. The highest BCUT2D eigenvalue weighted by Crippen LogP contribution is 2.06. The molecule has 0 aliphatic heterocycles. The molecule has 0 N–H and O–H groups in total. The van der Waals surface area contributed by atoms with Gasteiger partial charge in [-0.2, -0.15) is 0 Å². The van der Waals surface area contributed by atoms with Gasteiger partial charge < -0.3 is 0 Å². The lowest BCUT2D eigenvalue weighted by Gasteiger charge is -1.93. The fourth-order valence-corrected chi connectivity index (χ4v) is 1.08. The van der Waals surface area contributed by atoms with Crippen LogP contribution in [0.25, 0.3) is 6.08 Å². The zero-order valence-electron chi connectivity index (χ0n) is 7.90. The fourth-order valence-electron chi connectivity index (χ4n) is 1.08. The van der Waals surface area contributed by atoms with Gasteiger partial charge in [0.1, 0.15) is 0 Å². The second-order valence-corrected chi connectivity index (χ2v) is 2.89. The van der Waals surface area contributed by atoms with Crippen LogP contribution in [-0.4, -0.2) is 0 Å². The molecule has 0 saturated heterocycles. The summed E-state index contributed by atoms with van der Waals surface area (Å²) in [5.74, 6) is 0. The molecule has 0 bridgehead atoms. The standard InChI is InChI=1S/C13H14/c1-3-4-8-12(2)11-13-9-6-5-7-10-13/h3-11H,1H2,2H3/b8-4+,12-11+. The van der Waals surface area contributed by atoms with Crippen LogP contribution in [0.4, 0.5) is 0 Å². The van der Waals surface area contributed by atoms with Crippen LogP contribution in [0.1, 0.15) is 12.5 Å². The van der Waals surface area contributed by atoms with Crippen LogP contribution in [0.15, 0.2) is 60.7 Å². The van der Waals surface area contributed by atoms with Gasteiger partial charge in [-0.3, -0.25) is 0 Å². The largest absolute Gasteiger partial charge is 0.0991 e. The van der Waals surface area contributed by atoms with Gasteiger partial charge in [0, 0.05) is 0 Å². The maximum Gasteiger partial charge on any atom is -0.0254 e. The van der Waals surface area contributed by atoms with Gasteiger partial charge in [0.2, 0.25) is 0 Å². The topological polar surface area (TPSA) is 0 Å². The molecule has 1 aromatic rings. The summed E-state index contributed by atoms with van der Waals surface area (Å²) >= 11 is 0. The Labute approximate surface area is 79.9 Å². The summed E-state index contributed by atoms with van der Waals surface area (Å²) in [5.41, 5.74) is 2.46. The molecule has 0 amide bonds. The lowest BCUT2D eigenvalue weighted by atomic mass is 10.1. The van der Waals surface area contributed by atoms with E-state index in [2.05, 4.69) is 31.7 Å². The van der Waals surface area contributed by atoms with Gasteiger partial charge >= 0.3 is 0 Å². The lowest BCUT2D eigenvalue weighted by Crippen LogP contribution is -1.71. The Kier molecular flexibility index (Phi) is 3.77. The van der Waals surface area contributed by atoms with Gasteiger partial charge in [-0.15, -0.1) is 0 Å². The number of allylic oxidation sites excluding steroid dienone is 4. The minimum atomic E-state index is 1.23. The molecule has 0 fully saturated rings. The lowest BCUT2D eigenvalue weighted by molar-refractivity contribution is 1.54. The molecule has 0 aromatic heterocycles. The van der Waals surface area contributed by atoms with Crippen LogP contribution < -0.4 is 0 Å². The summed E-state index contributed by atoms with van der Waals surface area (Å²) in [5, 5.41) is 0. The Bertz CT molecular complexity index is 315. The summed E-state index contributed by atoms with van der Waals surface area (Å²) < 4.78 is 0. The van der Waals surface area contributed by atoms with Gasteiger partial charge in [0.15, 0.2) is 0 Å². The molecule has 0 radical (unpaired) electrons. The van der Waals surface area contributed by atoms with Crippen molar-refractivity contribution in [3.8, 4) is 0 Å². The van der Waals surface area contributed by atoms with Crippen molar-refractivity contribution in [2.24, 2.45) is 0 Å². The summed E-state index contributed by atoms with van der Waals surface area (Å²) in [6.07, 6.45) is 7.90. The monoisotopic (exact) mass is 170 g/mol. The van der Waals surface area contributed by atoms with E-state index in [4.69, 9.17) is 0 Å². The highest BCUT2D eigenvalue weighted by Gasteiger charge is 1.84. The molecular formula is C13H14. The van der Waals surface area contributed by atoms with E-state index in [-0.39, 0.29) is 0 Å². The average Bonchev–Trinajstić information content (AvgIpc) is 2.16. The van der Waals surface area contributed by atoms with Gasteiger partial charge in [0.05, 0.1) is 0 Å². The van der Waals surface area contributed by atoms with E-state index < -0.39 is 0 Å². The predicted octanol–water partition coefficient (Wildman–Crippen LogP) is 3.83. The maximum atomic E-state index is 3.63. The van der Waals surface area contributed by atoms with E-state index >= 15 is 0 Å². The van der Waals surface area contributed by atoms with Crippen molar-refractivity contribution in [3.63, 3.8) is 0 Å². The van der Waals surface area contributed by atoms with Gasteiger partial charge in [-0.05, 0) is 12.5 Å². The van der Waals surface area contributed by atoms with Crippen molar-refractivity contribution in [2.45, 2.75) is 6.92 Å². The summed E-state index contributed by atoms with van der Waals surface area (Å²) in [7, 11) is 0. The van der Waals surface area contributed by atoms with E-state index in [0.717, 1.165) is 0 Å². The first kappa shape index (κ1) is 9.53. The molecule has 0 unspecified atom stereocenters. The van der Waals surface area contributed by atoms with Crippen molar-refractivity contribution >= 4 is 6.08 Å². The molecule has 13 heavy (non-hydrogen) atoms. The second kappa shape index (κ2) is 5.15. The van der Waals surface area contributed by atoms with Crippen molar-refractivity contribution in [1.29, 1.82) is 0 Å². The summed E-state index contributed by atoms with van der Waals surface area (Å²) in [6.45, 7) is 5.70. The number of benzene rings is 1. The molecule has 0 nitrogen and oxygen atoms in total.